The topological polar surface area (TPSA) is 38.9 Å². The second kappa shape index (κ2) is 6.49. The molecule has 0 unspecified atom stereocenters. The van der Waals surface area contributed by atoms with E-state index in [0.29, 0.717) is 11.1 Å². The zero-order valence-electron chi connectivity index (χ0n) is 13.2. The predicted molar refractivity (Wildman–Crippen MR) is 92.8 cm³/mol. The van der Waals surface area contributed by atoms with Crippen molar-refractivity contribution in [3.05, 3.63) is 72.6 Å². The van der Waals surface area contributed by atoms with Crippen molar-refractivity contribution in [1.82, 2.24) is 9.97 Å². The van der Waals surface area contributed by atoms with Gasteiger partial charge in [0.1, 0.15) is 5.52 Å². The molecular formula is C19H11F3N2OS. The van der Waals surface area contributed by atoms with Gasteiger partial charge in [-0.05, 0) is 36.4 Å². The van der Waals surface area contributed by atoms with Crippen molar-refractivity contribution in [1.29, 1.82) is 0 Å². The number of aromatic nitrogens is 2. The van der Waals surface area contributed by atoms with Gasteiger partial charge in [-0.3, -0.25) is 4.98 Å². The SMILES string of the molecule is FC(F)(F)c1ccc2oc(-c3ccncc3Sc3ccccc3)nc2c1. The summed E-state index contributed by atoms with van der Waals surface area (Å²) in [4.78, 5) is 10.2. The summed E-state index contributed by atoms with van der Waals surface area (Å²) in [6.07, 6.45) is -1.14. The minimum absolute atomic E-state index is 0.169. The molecule has 2 aromatic heterocycles. The molecule has 0 aliphatic rings. The summed E-state index contributed by atoms with van der Waals surface area (Å²) in [5.74, 6) is 0.264. The first-order valence-electron chi connectivity index (χ1n) is 7.66. The Morgan fingerprint density at radius 3 is 2.54 bits per heavy atom. The van der Waals surface area contributed by atoms with E-state index in [0.717, 1.165) is 21.9 Å². The van der Waals surface area contributed by atoms with Crippen molar-refractivity contribution < 1.29 is 17.6 Å². The maximum absolute atomic E-state index is 12.9. The van der Waals surface area contributed by atoms with Gasteiger partial charge in [0.2, 0.25) is 5.89 Å². The third-order valence-corrected chi connectivity index (χ3v) is 4.75. The quantitative estimate of drug-likeness (QED) is 0.438. The molecule has 2 heterocycles. The van der Waals surface area contributed by atoms with Crippen LogP contribution in [-0.4, -0.2) is 9.97 Å². The fourth-order valence-electron chi connectivity index (χ4n) is 2.47. The van der Waals surface area contributed by atoms with E-state index in [1.54, 1.807) is 18.5 Å². The fourth-order valence-corrected chi connectivity index (χ4v) is 3.40. The third kappa shape index (κ3) is 3.30. The highest BCUT2D eigenvalue weighted by Gasteiger charge is 2.31. The van der Waals surface area contributed by atoms with E-state index in [1.807, 2.05) is 30.3 Å². The van der Waals surface area contributed by atoms with Crippen LogP contribution in [0.25, 0.3) is 22.6 Å². The molecule has 0 fully saturated rings. The Morgan fingerprint density at radius 1 is 0.962 bits per heavy atom. The van der Waals surface area contributed by atoms with E-state index in [4.69, 9.17) is 4.42 Å². The summed E-state index contributed by atoms with van der Waals surface area (Å²) >= 11 is 1.48. The number of hydrogen-bond acceptors (Lipinski definition) is 4. The van der Waals surface area contributed by atoms with Gasteiger partial charge < -0.3 is 4.42 Å². The molecule has 2 aromatic carbocycles. The number of rotatable bonds is 3. The lowest BCUT2D eigenvalue weighted by Crippen LogP contribution is -2.03. The lowest BCUT2D eigenvalue weighted by atomic mass is 10.2. The van der Waals surface area contributed by atoms with E-state index < -0.39 is 11.7 Å². The van der Waals surface area contributed by atoms with E-state index >= 15 is 0 Å². The maximum Gasteiger partial charge on any atom is 0.416 e. The van der Waals surface area contributed by atoms with Crippen molar-refractivity contribution in [2.24, 2.45) is 0 Å². The van der Waals surface area contributed by atoms with Gasteiger partial charge >= 0.3 is 6.18 Å². The Morgan fingerprint density at radius 2 is 1.77 bits per heavy atom. The second-order valence-electron chi connectivity index (χ2n) is 5.49. The minimum Gasteiger partial charge on any atom is -0.436 e. The van der Waals surface area contributed by atoms with Crippen LogP contribution in [0.2, 0.25) is 0 Å². The first-order valence-corrected chi connectivity index (χ1v) is 8.47. The zero-order valence-corrected chi connectivity index (χ0v) is 14.0. The summed E-state index contributed by atoms with van der Waals surface area (Å²) in [5.41, 5.74) is 0.403. The van der Waals surface area contributed by atoms with Gasteiger partial charge in [-0.1, -0.05) is 30.0 Å². The average Bonchev–Trinajstić information content (AvgIpc) is 3.05. The average molecular weight is 372 g/mol. The van der Waals surface area contributed by atoms with Crippen LogP contribution in [0.5, 0.6) is 0 Å². The molecule has 0 aliphatic carbocycles. The lowest BCUT2D eigenvalue weighted by Gasteiger charge is -2.05. The molecule has 0 aliphatic heterocycles. The number of oxazole rings is 1. The smallest absolute Gasteiger partial charge is 0.416 e. The highest BCUT2D eigenvalue weighted by atomic mass is 32.2. The van der Waals surface area contributed by atoms with E-state index in [1.165, 1.54) is 17.8 Å². The van der Waals surface area contributed by atoms with E-state index in [9.17, 15) is 13.2 Å². The van der Waals surface area contributed by atoms with Crippen molar-refractivity contribution in [2.45, 2.75) is 16.0 Å². The van der Waals surface area contributed by atoms with Gasteiger partial charge in [0, 0.05) is 22.2 Å². The number of nitrogens with zero attached hydrogens (tertiary/aromatic N) is 2. The summed E-state index contributed by atoms with van der Waals surface area (Å²) in [7, 11) is 0. The number of alkyl halides is 3. The summed E-state index contributed by atoms with van der Waals surface area (Å²) < 4.78 is 44.3. The van der Waals surface area contributed by atoms with Gasteiger partial charge in [-0.15, -0.1) is 0 Å². The second-order valence-corrected chi connectivity index (χ2v) is 6.60. The molecule has 0 saturated heterocycles. The normalized spacial score (nSPS) is 11.8. The van der Waals surface area contributed by atoms with Crippen LogP contribution >= 0.6 is 11.8 Å². The van der Waals surface area contributed by atoms with Gasteiger partial charge in [-0.2, -0.15) is 13.2 Å². The molecule has 0 N–H and O–H groups in total. The first kappa shape index (κ1) is 16.7. The van der Waals surface area contributed by atoms with Gasteiger partial charge in [0.25, 0.3) is 0 Å². The standard InChI is InChI=1S/C19H11F3N2OS/c20-19(21,22)12-6-7-16-15(10-12)24-18(25-16)14-8-9-23-11-17(14)26-13-4-2-1-3-5-13/h1-11H. The van der Waals surface area contributed by atoms with Crippen LogP contribution in [0.3, 0.4) is 0 Å². The Hall–Kier alpha value is -2.80. The number of pyridine rings is 1. The van der Waals surface area contributed by atoms with Crippen LogP contribution < -0.4 is 0 Å². The van der Waals surface area contributed by atoms with Gasteiger partial charge in [-0.25, -0.2) is 4.98 Å². The lowest BCUT2D eigenvalue weighted by molar-refractivity contribution is -0.137. The van der Waals surface area contributed by atoms with Gasteiger partial charge in [0.15, 0.2) is 5.58 Å². The Kier molecular flexibility index (Phi) is 4.16. The molecule has 0 atom stereocenters. The van der Waals surface area contributed by atoms with Crippen molar-refractivity contribution in [2.75, 3.05) is 0 Å². The predicted octanol–water partition coefficient (Wildman–Crippen LogP) is 6.06. The first-order chi connectivity index (χ1) is 12.5. The molecular weight excluding hydrogens is 361 g/mol. The highest BCUT2D eigenvalue weighted by molar-refractivity contribution is 7.99. The molecule has 26 heavy (non-hydrogen) atoms. The number of benzene rings is 2. The molecule has 0 spiro atoms. The van der Waals surface area contributed by atoms with Crippen LogP contribution in [0, 0.1) is 0 Å². The number of halogens is 3. The van der Waals surface area contributed by atoms with Crippen molar-refractivity contribution in [3.8, 4) is 11.5 Å². The zero-order chi connectivity index (χ0) is 18.1. The fraction of sp³-hybridized carbons (Fsp3) is 0.0526. The van der Waals surface area contributed by atoms with Crippen LogP contribution in [0.15, 0.2) is 81.2 Å². The van der Waals surface area contributed by atoms with E-state index in [-0.39, 0.29) is 11.4 Å². The Balaban J connectivity index is 1.76. The number of fused-ring (bicyclic) bond motifs is 1. The molecule has 0 radical (unpaired) electrons. The molecule has 0 saturated carbocycles. The van der Waals surface area contributed by atoms with Crippen LogP contribution in [0.4, 0.5) is 13.2 Å². The molecule has 0 bridgehead atoms. The Bertz CT molecular complexity index is 1060. The van der Waals surface area contributed by atoms with Gasteiger partial charge in [0.05, 0.1) is 11.1 Å². The number of hydrogen-bond donors (Lipinski definition) is 0. The van der Waals surface area contributed by atoms with Crippen LogP contribution in [0.1, 0.15) is 5.56 Å². The molecule has 4 rings (SSSR count). The highest BCUT2D eigenvalue weighted by Crippen LogP contribution is 2.37. The molecule has 3 nitrogen and oxygen atoms in total. The summed E-state index contributed by atoms with van der Waals surface area (Å²) in [6.45, 7) is 0. The summed E-state index contributed by atoms with van der Waals surface area (Å²) in [5, 5.41) is 0. The van der Waals surface area contributed by atoms with Crippen LogP contribution in [-0.2, 0) is 6.18 Å². The van der Waals surface area contributed by atoms with Crippen molar-refractivity contribution >= 4 is 22.9 Å². The third-order valence-electron chi connectivity index (χ3n) is 3.70. The molecule has 0 amide bonds. The largest absolute Gasteiger partial charge is 0.436 e. The molecule has 130 valence electrons. The summed E-state index contributed by atoms with van der Waals surface area (Å²) in [6, 6.07) is 14.7. The molecule has 7 heteroatoms. The molecule has 4 aromatic rings. The maximum atomic E-state index is 12.9. The van der Waals surface area contributed by atoms with E-state index in [2.05, 4.69) is 9.97 Å². The monoisotopic (exact) mass is 372 g/mol. The minimum atomic E-state index is -4.42. The van der Waals surface area contributed by atoms with Crippen molar-refractivity contribution in [3.63, 3.8) is 0 Å². The Labute approximate surface area is 150 Å².